The number of imidazole rings is 1. The molecule has 5 heteroatoms. The summed E-state index contributed by atoms with van der Waals surface area (Å²) < 4.78 is 15.9. The van der Waals surface area contributed by atoms with Crippen molar-refractivity contribution in [2.24, 2.45) is 0 Å². The molecule has 0 atom stereocenters. The standard InChI is InChI=1S/C16H18FN3O/c1-16(2,13-5-3-4-6-14(13)17)15(21)20-9-12(10-20)19-8-7-18-11-19/h3-8,11-12H,9-10H2,1-2H3. The molecule has 0 N–H and O–H groups in total. The molecule has 0 radical (unpaired) electrons. The van der Waals surface area contributed by atoms with Gasteiger partial charge in [0.05, 0.1) is 17.8 Å². The first-order valence-electron chi connectivity index (χ1n) is 7.02. The summed E-state index contributed by atoms with van der Waals surface area (Å²) in [6.07, 6.45) is 5.39. The van der Waals surface area contributed by atoms with Crippen LogP contribution in [0.25, 0.3) is 0 Å². The lowest BCUT2D eigenvalue weighted by Gasteiger charge is -2.43. The molecular formula is C16H18FN3O. The van der Waals surface area contributed by atoms with Crippen LogP contribution in [0, 0.1) is 5.82 Å². The van der Waals surface area contributed by atoms with Crippen LogP contribution in [0.3, 0.4) is 0 Å². The van der Waals surface area contributed by atoms with E-state index in [2.05, 4.69) is 4.98 Å². The van der Waals surface area contributed by atoms with Gasteiger partial charge in [-0.2, -0.15) is 0 Å². The van der Waals surface area contributed by atoms with E-state index in [0.717, 1.165) is 0 Å². The van der Waals surface area contributed by atoms with Crippen molar-refractivity contribution >= 4 is 5.91 Å². The van der Waals surface area contributed by atoms with E-state index in [1.807, 2.05) is 10.8 Å². The highest BCUT2D eigenvalue weighted by atomic mass is 19.1. The third-order valence-corrected chi connectivity index (χ3v) is 4.18. The average Bonchev–Trinajstić information content (AvgIpc) is 2.91. The number of halogens is 1. The van der Waals surface area contributed by atoms with Gasteiger partial charge in [-0.15, -0.1) is 0 Å². The molecular weight excluding hydrogens is 269 g/mol. The predicted molar refractivity (Wildman–Crippen MR) is 77.3 cm³/mol. The van der Waals surface area contributed by atoms with Crippen molar-refractivity contribution < 1.29 is 9.18 Å². The molecule has 2 aromatic rings. The summed E-state index contributed by atoms with van der Waals surface area (Å²) in [5.41, 5.74) is -0.410. The molecule has 1 aromatic heterocycles. The summed E-state index contributed by atoms with van der Waals surface area (Å²) in [4.78, 5) is 18.4. The number of nitrogens with zero attached hydrogens (tertiary/aromatic N) is 3. The molecule has 21 heavy (non-hydrogen) atoms. The fourth-order valence-electron chi connectivity index (χ4n) is 2.77. The minimum Gasteiger partial charge on any atom is -0.338 e. The number of rotatable bonds is 3. The van der Waals surface area contributed by atoms with Crippen molar-refractivity contribution in [2.75, 3.05) is 13.1 Å². The molecule has 4 nitrogen and oxygen atoms in total. The molecule has 0 saturated carbocycles. The predicted octanol–water partition coefficient (Wildman–Crippen LogP) is 2.38. The van der Waals surface area contributed by atoms with Crippen LogP contribution in [0.4, 0.5) is 4.39 Å². The number of hydrogen-bond donors (Lipinski definition) is 0. The van der Waals surface area contributed by atoms with Crippen LogP contribution in [-0.4, -0.2) is 33.4 Å². The number of likely N-dealkylation sites (tertiary alicyclic amines) is 1. The first-order valence-corrected chi connectivity index (χ1v) is 7.02. The highest BCUT2D eigenvalue weighted by Crippen LogP contribution is 2.32. The molecule has 0 bridgehead atoms. The summed E-state index contributed by atoms with van der Waals surface area (Å²) >= 11 is 0. The number of aromatic nitrogens is 2. The van der Waals surface area contributed by atoms with Crippen LogP contribution in [0.15, 0.2) is 43.0 Å². The van der Waals surface area contributed by atoms with Gasteiger partial charge in [-0.05, 0) is 19.9 Å². The molecule has 1 saturated heterocycles. The van der Waals surface area contributed by atoms with Crippen LogP contribution in [0.5, 0.6) is 0 Å². The van der Waals surface area contributed by atoms with Crippen molar-refractivity contribution in [1.82, 2.24) is 14.5 Å². The summed E-state index contributed by atoms with van der Waals surface area (Å²) in [5, 5.41) is 0. The zero-order chi connectivity index (χ0) is 15.0. The second kappa shape index (κ2) is 4.98. The van der Waals surface area contributed by atoms with Crippen molar-refractivity contribution in [3.05, 3.63) is 54.4 Å². The van der Waals surface area contributed by atoms with E-state index in [1.54, 1.807) is 49.5 Å². The number of carbonyl (C=O) groups is 1. The molecule has 110 valence electrons. The molecule has 1 aliphatic rings. The molecule has 3 rings (SSSR count). The second-order valence-electron chi connectivity index (χ2n) is 5.98. The zero-order valence-corrected chi connectivity index (χ0v) is 12.2. The Kier molecular flexibility index (Phi) is 3.27. The number of benzene rings is 1. The number of amides is 1. The van der Waals surface area contributed by atoms with Crippen LogP contribution in [0.1, 0.15) is 25.5 Å². The molecule has 1 aliphatic heterocycles. The molecule has 0 aliphatic carbocycles. The lowest BCUT2D eigenvalue weighted by molar-refractivity contribution is -0.142. The van der Waals surface area contributed by atoms with Gasteiger partial charge in [0.2, 0.25) is 5.91 Å². The topological polar surface area (TPSA) is 38.1 Å². The third kappa shape index (κ3) is 2.33. The monoisotopic (exact) mass is 287 g/mol. The van der Waals surface area contributed by atoms with Gasteiger partial charge in [0.15, 0.2) is 0 Å². The first kappa shape index (κ1) is 13.8. The Morgan fingerprint density at radius 2 is 2.05 bits per heavy atom. The van der Waals surface area contributed by atoms with E-state index >= 15 is 0 Å². The highest BCUT2D eigenvalue weighted by molar-refractivity contribution is 5.88. The number of hydrogen-bond acceptors (Lipinski definition) is 2. The van der Waals surface area contributed by atoms with E-state index in [9.17, 15) is 9.18 Å². The van der Waals surface area contributed by atoms with E-state index in [0.29, 0.717) is 18.7 Å². The molecule has 1 aromatic carbocycles. The maximum atomic E-state index is 13.9. The van der Waals surface area contributed by atoms with Gasteiger partial charge in [-0.3, -0.25) is 4.79 Å². The van der Waals surface area contributed by atoms with Gasteiger partial charge >= 0.3 is 0 Å². The highest BCUT2D eigenvalue weighted by Gasteiger charge is 2.41. The molecule has 1 fully saturated rings. The lowest BCUT2D eigenvalue weighted by atomic mass is 9.82. The average molecular weight is 287 g/mol. The van der Waals surface area contributed by atoms with Crippen LogP contribution < -0.4 is 0 Å². The molecule has 0 spiro atoms. The summed E-state index contributed by atoms with van der Waals surface area (Å²) in [5.74, 6) is -0.369. The van der Waals surface area contributed by atoms with E-state index in [4.69, 9.17) is 0 Å². The van der Waals surface area contributed by atoms with Gasteiger partial charge in [0.25, 0.3) is 0 Å². The fraction of sp³-hybridized carbons (Fsp3) is 0.375. The molecule has 2 heterocycles. The van der Waals surface area contributed by atoms with E-state index < -0.39 is 5.41 Å². The van der Waals surface area contributed by atoms with Crippen molar-refractivity contribution in [1.29, 1.82) is 0 Å². The van der Waals surface area contributed by atoms with Crippen LogP contribution >= 0.6 is 0 Å². The normalized spacial score (nSPS) is 15.9. The van der Waals surface area contributed by atoms with Crippen molar-refractivity contribution in [3.63, 3.8) is 0 Å². The summed E-state index contributed by atoms with van der Waals surface area (Å²) in [6.45, 7) is 4.84. The Morgan fingerprint density at radius 3 is 2.67 bits per heavy atom. The van der Waals surface area contributed by atoms with Gasteiger partial charge < -0.3 is 9.47 Å². The van der Waals surface area contributed by atoms with Crippen LogP contribution in [0.2, 0.25) is 0 Å². The summed E-state index contributed by atoms with van der Waals surface area (Å²) in [6, 6.07) is 6.75. The lowest BCUT2D eigenvalue weighted by Crippen LogP contribution is -2.55. The second-order valence-corrected chi connectivity index (χ2v) is 5.98. The van der Waals surface area contributed by atoms with Gasteiger partial charge in [-0.25, -0.2) is 9.37 Å². The molecule has 1 amide bonds. The zero-order valence-electron chi connectivity index (χ0n) is 12.2. The van der Waals surface area contributed by atoms with Gasteiger partial charge in [-0.1, -0.05) is 18.2 Å². The maximum absolute atomic E-state index is 13.9. The van der Waals surface area contributed by atoms with Crippen LogP contribution in [-0.2, 0) is 10.2 Å². The van der Waals surface area contributed by atoms with E-state index in [1.165, 1.54) is 6.07 Å². The minimum absolute atomic E-state index is 0.0380. The fourth-order valence-corrected chi connectivity index (χ4v) is 2.77. The SMILES string of the molecule is CC(C)(C(=O)N1CC(n2ccnc2)C1)c1ccccc1F. The quantitative estimate of drug-likeness (QED) is 0.869. The Bertz CT molecular complexity index is 645. The Hall–Kier alpha value is -2.17. The minimum atomic E-state index is -0.856. The van der Waals surface area contributed by atoms with Crippen molar-refractivity contribution in [3.8, 4) is 0 Å². The number of carbonyl (C=O) groups excluding carboxylic acids is 1. The third-order valence-electron chi connectivity index (χ3n) is 4.18. The van der Waals surface area contributed by atoms with E-state index in [-0.39, 0.29) is 17.8 Å². The Balaban J connectivity index is 1.73. The molecule has 0 unspecified atom stereocenters. The van der Waals surface area contributed by atoms with Gasteiger partial charge in [0.1, 0.15) is 5.82 Å². The van der Waals surface area contributed by atoms with Crippen molar-refractivity contribution in [2.45, 2.75) is 25.3 Å². The maximum Gasteiger partial charge on any atom is 0.232 e. The first-order chi connectivity index (χ1) is 10.00. The van der Waals surface area contributed by atoms with Gasteiger partial charge in [0, 0.05) is 31.0 Å². The Morgan fingerprint density at radius 1 is 1.33 bits per heavy atom. The largest absolute Gasteiger partial charge is 0.338 e. The smallest absolute Gasteiger partial charge is 0.232 e. The summed E-state index contributed by atoms with van der Waals surface area (Å²) in [7, 11) is 0. The Labute approximate surface area is 123 Å².